The average Bonchev–Trinajstić information content (AvgIpc) is 3.25. The summed E-state index contributed by atoms with van der Waals surface area (Å²) in [5, 5.41) is 10.1. The van der Waals surface area contributed by atoms with Crippen LogP contribution < -0.4 is 10.3 Å². The second-order valence-electron chi connectivity index (χ2n) is 6.95. The van der Waals surface area contributed by atoms with Gasteiger partial charge in [0.2, 0.25) is 5.78 Å². The molecule has 8 heteroatoms. The van der Waals surface area contributed by atoms with Gasteiger partial charge < -0.3 is 4.74 Å². The van der Waals surface area contributed by atoms with Crippen LogP contribution in [0.4, 0.5) is 0 Å². The highest BCUT2D eigenvalue weighted by Crippen LogP contribution is 2.25. The Kier molecular flexibility index (Phi) is 5.13. The molecule has 31 heavy (non-hydrogen) atoms. The summed E-state index contributed by atoms with van der Waals surface area (Å²) >= 11 is 1.54. The van der Waals surface area contributed by atoms with Crippen molar-refractivity contribution >= 4 is 28.4 Å². The molecule has 0 fully saturated rings. The summed E-state index contributed by atoms with van der Waals surface area (Å²) in [5.74, 6) is 1.88. The van der Waals surface area contributed by atoms with Crippen molar-refractivity contribution in [3.05, 3.63) is 94.5 Å². The van der Waals surface area contributed by atoms with E-state index in [0.29, 0.717) is 28.6 Å². The van der Waals surface area contributed by atoms with E-state index in [4.69, 9.17) is 4.74 Å². The van der Waals surface area contributed by atoms with E-state index in [9.17, 15) is 4.79 Å². The highest BCUT2D eigenvalue weighted by Gasteiger charge is 2.18. The van der Waals surface area contributed by atoms with Crippen LogP contribution in [0.3, 0.4) is 0 Å². The fraction of sp³-hybridized carbons (Fsp3) is 0.130. The molecule has 5 aromatic rings. The summed E-state index contributed by atoms with van der Waals surface area (Å²) in [5.41, 5.74) is 2.53. The Morgan fingerprint density at radius 3 is 2.61 bits per heavy atom. The molecule has 0 saturated carbocycles. The molecule has 3 heterocycles. The van der Waals surface area contributed by atoms with Crippen LogP contribution in [0.25, 0.3) is 16.7 Å². The van der Waals surface area contributed by atoms with E-state index in [1.54, 1.807) is 17.9 Å². The van der Waals surface area contributed by atoms with Gasteiger partial charge in [0, 0.05) is 17.5 Å². The number of nitrogens with zero attached hydrogens (tertiary/aromatic N) is 5. The number of thioether (sulfide) groups is 1. The summed E-state index contributed by atoms with van der Waals surface area (Å²) < 4.78 is 9.08. The Morgan fingerprint density at radius 2 is 1.77 bits per heavy atom. The number of hydrogen-bond donors (Lipinski definition) is 0. The Balaban J connectivity index is 1.66. The van der Waals surface area contributed by atoms with Gasteiger partial charge in [-0.25, -0.2) is 0 Å². The fourth-order valence-corrected chi connectivity index (χ4v) is 4.45. The number of hydrogen-bond acceptors (Lipinski definition) is 6. The Bertz CT molecular complexity index is 1430. The van der Waals surface area contributed by atoms with E-state index < -0.39 is 0 Å². The first-order valence-corrected chi connectivity index (χ1v) is 10.8. The van der Waals surface area contributed by atoms with Crippen molar-refractivity contribution in [2.45, 2.75) is 17.5 Å². The lowest BCUT2D eigenvalue weighted by Gasteiger charge is -2.13. The van der Waals surface area contributed by atoms with Crippen molar-refractivity contribution < 1.29 is 4.74 Å². The van der Waals surface area contributed by atoms with Gasteiger partial charge in [0.15, 0.2) is 5.16 Å². The molecule has 0 aliphatic carbocycles. The largest absolute Gasteiger partial charge is 0.496 e. The number of benzene rings is 2. The van der Waals surface area contributed by atoms with Crippen molar-refractivity contribution in [3.8, 4) is 5.75 Å². The molecule has 0 radical (unpaired) electrons. The first-order chi connectivity index (χ1) is 15.3. The lowest BCUT2D eigenvalue weighted by atomic mass is 10.2. The molecule has 0 unspecified atom stereocenters. The van der Waals surface area contributed by atoms with Crippen molar-refractivity contribution in [1.82, 2.24) is 24.1 Å². The van der Waals surface area contributed by atoms with Crippen molar-refractivity contribution in [3.63, 3.8) is 0 Å². The van der Waals surface area contributed by atoms with Gasteiger partial charge >= 0.3 is 0 Å². The number of fused-ring (bicyclic) bond motifs is 3. The minimum absolute atomic E-state index is 0.109. The van der Waals surface area contributed by atoms with Crippen LogP contribution in [0.5, 0.6) is 5.75 Å². The quantitative estimate of drug-likeness (QED) is 0.383. The van der Waals surface area contributed by atoms with Crippen LogP contribution in [0, 0.1) is 0 Å². The van der Waals surface area contributed by atoms with Gasteiger partial charge in [-0.1, -0.05) is 48.2 Å². The third-order valence-electron chi connectivity index (χ3n) is 5.07. The third kappa shape index (κ3) is 3.55. The van der Waals surface area contributed by atoms with Crippen LogP contribution in [0.2, 0.25) is 0 Å². The molecule has 0 N–H and O–H groups in total. The fourth-order valence-electron chi connectivity index (χ4n) is 3.60. The van der Waals surface area contributed by atoms with Crippen molar-refractivity contribution in [2.24, 2.45) is 0 Å². The minimum Gasteiger partial charge on any atom is -0.496 e. The molecule has 2 aromatic carbocycles. The smallest absolute Gasteiger partial charge is 0.263 e. The molecule has 0 spiro atoms. The second kappa shape index (κ2) is 8.23. The zero-order valence-corrected chi connectivity index (χ0v) is 17.6. The summed E-state index contributed by atoms with van der Waals surface area (Å²) in [6, 6.07) is 21.0. The SMILES string of the molecule is COc1ccccc1Cn1c(=O)c2ccccc2n2c(SCc3ccccn3)nnc12. The molecule has 7 nitrogen and oxygen atoms in total. The van der Waals surface area contributed by atoms with E-state index in [-0.39, 0.29) is 5.56 Å². The maximum Gasteiger partial charge on any atom is 0.263 e. The second-order valence-corrected chi connectivity index (χ2v) is 7.89. The number of pyridine rings is 1. The van der Waals surface area contributed by atoms with Gasteiger partial charge in [-0.05, 0) is 30.3 Å². The summed E-state index contributed by atoms with van der Waals surface area (Å²) in [4.78, 5) is 17.7. The molecular weight excluding hydrogens is 410 g/mol. The molecule has 0 bridgehead atoms. The first-order valence-electron chi connectivity index (χ1n) is 9.77. The summed E-state index contributed by atoms with van der Waals surface area (Å²) in [7, 11) is 1.63. The summed E-state index contributed by atoms with van der Waals surface area (Å²) in [6.45, 7) is 0.334. The predicted octanol–water partition coefficient (Wildman–Crippen LogP) is 3.79. The van der Waals surface area contributed by atoms with E-state index >= 15 is 0 Å². The van der Waals surface area contributed by atoms with Gasteiger partial charge in [0.25, 0.3) is 5.56 Å². The number of ether oxygens (including phenoxy) is 1. The van der Waals surface area contributed by atoms with E-state index in [0.717, 1.165) is 22.5 Å². The molecule has 154 valence electrons. The Morgan fingerprint density at radius 1 is 0.968 bits per heavy atom. The zero-order valence-electron chi connectivity index (χ0n) is 16.8. The van der Waals surface area contributed by atoms with Crippen LogP contribution in [0.1, 0.15) is 11.3 Å². The molecular formula is C23H19N5O2S. The van der Waals surface area contributed by atoms with Gasteiger partial charge in [-0.15, -0.1) is 10.2 Å². The lowest BCUT2D eigenvalue weighted by Crippen LogP contribution is -2.24. The monoisotopic (exact) mass is 429 g/mol. The molecule has 0 atom stereocenters. The molecule has 0 aliphatic rings. The van der Waals surface area contributed by atoms with E-state index in [1.807, 2.05) is 71.1 Å². The van der Waals surface area contributed by atoms with Crippen LogP contribution in [0.15, 0.2) is 82.9 Å². The summed E-state index contributed by atoms with van der Waals surface area (Å²) in [6.07, 6.45) is 1.78. The molecule has 5 rings (SSSR count). The number of methoxy groups -OCH3 is 1. The normalized spacial score (nSPS) is 11.3. The number of para-hydroxylation sites is 2. The molecule has 3 aromatic heterocycles. The highest BCUT2D eigenvalue weighted by atomic mass is 32.2. The van der Waals surface area contributed by atoms with Crippen molar-refractivity contribution in [1.29, 1.82) is 0 Å². The highest BCUT2D eigenvalue weighted by molar-refractivity contribution is 7.98. The molecule has 0 amide bonds. The maximum absolute atomic E-state index is 13.4. The third-order valence-corrected chi connectivity index (χ3v) is 6.04. The van der Waals surface area contributed by atoms with Crippen LogP contribution >= 0.6 is 11.8 Å². The topological polar surface area (TPSA) is 74.3 Å². The first kappa shape index (κ1) is 19.3. The van der Waals surface area contributed by atoms with E-state index in [2.05, 4.69) is 15.2 Å². The van der Waals surface area contributed by atoms with E-state index in [1.165, 1.54) is 11.8 Å². The van der Waals surface area contributed by atoms with Crippen molar-refractivity contribution in [2.75, 3.05) is 7.11 Å². The minimum atomic E-state index is -0.109. The number of rotatable bonds is 6. The predicted molar refractivity (Wildman–Crippen MR) is 121 cm³/mol. The van der Waals surface area contributed by atoms with Gasteiger partial charge in [-0.3, -0.25) is 18.7 Å². The van der Waals surface area contributed by atoms with Gasteiger partial charge in [-0.2, -0.15) is 0 Å². The molecule has 0 saturated heterocycles. The van der Waals surface area contributed by atoms with Gasteiger partial charge in [0.05, 0.1) is 30.3 Å². The zero-order chi connectivity index (χ0) is 21.2. The lowest BCUT2D eigenvalue weighted by molar-refractivity contribution is 0.408. The van der Waals surface area contributed by atoms with Gasteiger partial charge in [0.1, 0.15) is 5.75 Å². The Labute approximate surface area is 182 Å². The molecule has 0 aliphatic heterocycles. The maximum atomic E-state index is 13.4. The van der Waals surface area contributed by atoms with Crippen LogP contribution in [-0.2, 0) is 12.3 Å². The average molecular weight is 430 g/mol. The van der Waals surface area contributed by atoms with Crippen LogP contribution in [-0.4, -0.2) is 31.3 Å². The number of aromatic nitrogens is 5. The standard InChI is InChI=1S/C23H19N5O2S/c1-30-20-12-5-2-8-16(20)14-27-21(29)18-10-3-4-11-19(18)28-22(27)25-26-23(28)31-15-17-9-6-7-13-24-17/h2-13H,14-15H2,1H3. The Hall–Kier alpha value is -3.65.